The first kappa shape index (κ1) is 39.1. The molecular formula is C40H39ClN8O4S. The van der Waals surface area contributed by atoms with E-state index in [1.807, 2.05) is 37.3 Å². The number of aromatic nitrogens is 3. The van der Waals surface area contributed by atoms with Gasteiger partial charge in [-0.15, -0.1) is 12.3 Å². The molecule has 14 heteroatoms. The molecule has 276 valence electrons. The summed E-state index contributed by atoms with van der Waals surface area (Å²) in [6, 6.07) is 22.2. The predicted molar refractivity (Wildman–Crippen MR) is 212 cm³/mol. The number of rotatable bonds is 17. The van der Waals surface area contributed by atoms with E-state index in [-0.39, 0.29) is 42.9 Å². The molecule has 54 heavy (non-hydrogen) atoms. The monoisotopic (exact) mass is 762 g/mol. The molecule has 5 N–H and O–H groups in total. The molecule has 3 amide bonds. The number of anilines is 4. The summed E-state index contributed by atoms with van der Waals surface area (Å²) in [5, 5.41) is 15.8. The van der Waals surface area contributed by atoms with Crippen molar-refractivity contribution in [2.24, 2.45) is 0 Å². The molecule has 2 aromatic heterocycles. The number of carbonyl (C=O) groups is 4. The number of thiazole rings is 1. The summed E-state index contributed by atoms with van der Waals surface area (Å²) in [5.74, 6) is 2.90. The number of hydrogen-bond donors (Lipinski definition) is 5. The van der Waals surface area contributed by atoms with Crippen LogP contribution in [0.3, 0.4) is 0 Å². The standard InChI is InChI=1S/C40H39ClN8O4S/c1-4-5-7-15-35(50)47-31(22-27-16-18-29(19-17-27)37(51)28-12-8-6-9-13-28)38(52)43-21-20-42-33-23-34(46-26(3)45-33)48-40-44-24-32(54-40)39(53)49-36-25(2)11-10-14-30(36)41/h1,6,8-14,16-19,23-24,31H,5,7,15,20-22H2,2-3H3,(H,43,52)(H,47,50)(H,49,53)(H2,42,44,45,46,48)/t31-/m0/s1. The molecule has 0 saturated carbocycles. The normalized spacial score (nSPS) is 11.1. The van der Waals surface area contributed by atoms with Crippen LogP contribution in [0.25, 0.3) is 0 Å². The van der Waals surface area contributed by atoms with Gasteiger partial charge in [-0.05, 0) is 37.5 Å². The zero-order valence-electron chi connectivity index (χ0n) is 29.7. The first-order valence-electron chi connectivity index (χ1n) is 17.2. The zero-order valence-corrected chi connectivity index (χ0v) is 31.3. The minimum Gasteiger partial charge on any atom is -0.368 e. The molecule has 0 radical (unpaired) electrons. The van der Waals surface area contributed by atoms with Crippen molar-refractivity contribution in [2.75, 3.05) is 29.0 Å². The first-order valence-corrected chi connectivity index (χ1v) is 18.4. The summed E-state index contributed by atoms with van der Waals surface area (Å²) in [5.41, 5.74) is 3.28. The third kappa shape index (κ3) is 11.2. The van der Waals surface area contributed by atoms with E-state index >= 15 is 0 Å². The second kappa shape index (κ2) is 19.1. The number of terminal acetylenes is 1. The molecule has 5 rings (SSSR count). The molecule has 0 unspecified atom stereocenters. The van der Waals surface area contributed by atoms with E-state index in [1.165, 1.54) is 6.20 Å². The summed E-state index contributed by atoms with van der Waals surface area (Å²) >= 11 is 7.42. The predicted octanol–water partition coefficient (Wildman–Crippen LogP) is 6.49. The molecule has 0 aliphatic heterocycles. The van der Waals surface area contributed by atoms with Crippen molar-refractivity contribution in [3.8, 4) is 12.3 Å². The molecule has 5 aromatic rings. The number of halogens is 1. The smallest absolute Gasteiger partial charge is 0.267 e. The Morgan fingerprint density at radius 2 is 1.65 bits per heavy atom. The van der Waals surface area contributed by atoms with Gasteiger partial charge < -0.3 is 26.6 Å². The van der Waals surface area contributed by atoms with Gasteiger partial charge in [0.2, 0.25) is 11.8 Å². The van der Waals surface area contributed by atoms with Gasteiger partial charge in [0.05, 0.1) is 16.9 Å². The number of nitrogens with zero attached hydrogens (tertiary/aromatic N) is 3. The van der Waals surface area contributed by atoms with Gasteiger partial charge in [0.15, 0.2) is 10.9 Å². The molecule has 3 aromatic carbocycles. The molecular weight excluding hydrogens is 724 g/mol. The van der Waals surface area contributed by atoms with Gasteiger partial charge in [-0.25, -0.2) is 15.0 Å². The minimum atomic E-state index is -0.852. The number of ketones is 1. The van der Waals surface area contributed by atoms with Gasteiger partial charge in [-0.3, -0.25) is 19.2 Å². The van der Waals surface area contributed by atoms with Crippen molar-refractivity contribution < 1.29 is 19.2 Å². The Kier molecular flexibility index (Phi) is 13.8. The van der Waals surface area contributed by atoms with Crippen LogP contribution in [0.4, 0.5) is 22.5 Å². The molecule has 2 heterocycles. The number of unbranched alkanes of at least 4 members (excludes halogenated alkanes) is 1. The van der Waals surface area contributed by atoms with Crippen molar-refractivity contribution in [3.63, 3.8) is 0 Å². The average Bonchev–Trinajstić information content (AvgIpc) is 3.63. The Balaban J connectivity index is 1.16. The van der Waals surface area contributed by atoms with E-state index in [0.29, 0.717) is 68.7 Å². The highest BCUT2D eigenvalue weighted by molar-refractivity contribution is 7.17. The fourth-order valence-electron chi connectivity index (χ4n) is 5.34. The van der Waals surface area contributed by atoms with Crippen molar-refractivity contribution >= 4 is 68.9 Å². The zero-order chi connectivity index (χ0) is 38.5. The molecule has 0 saturated heterocycles. The average molecular weight is 763 g/mol. The summed E-state index contributed by atoms with van der Waals surface area (Å²) in [6.07, 6.45) is 8.19. The second-order valence-electron chi connectivity index (χ2n) is 12.2. The lowest BCUT2D eigenvalue weighted by Gasteiger charge is -2.19. The summed E-state index contributed by atoms with van der Waals surface area (Å²) < 4.78 is 0. The van der Waals surface area contributed by atoms with Gasteiger partial charge in [0.1, 0.15) is 28.4 Å². The van der Waals surface area contributed by atoms with E-state index in [4.69, 9.17) is 18.0 Å². The maximum atomic E-state index is 13.4. The molecule has 0 spiro atoms. The number of amides is 3. The highest BCUT2D eigenvalue weighted by Gasteiger charge is 2.22. The number of carbonyl (C=O) groups excluding carboxylic acids is 4. The van der Waals surface area contributed by atoms with E-state index in [9.17, 15) is 19.2 Å². The van der Waals surface area contributed by atoms with Crippen LogP contribution >= 0.6 is 22.9 Å². The Morgan fingerprint density at radius 1 is 0.907 bits per heavy atom. The number of hydrogen-bond acceptors (Lipinski definition) is 10. The minimum absolute atomic E-state index is 0.102. The van der Waals surface area contributed by atoms with Crippen molar-refractivity contribution in [1.29, 1.82) is 0 Å². The quantitative estimate of drug-likeness (QED) is 0.0404. The molecule has 0 fully saturated rings. The van der Waals surface area contributed by atoms with Crippen LogP contribution in [0.1, 0.15) is 61.8 Å². The summed E-state index contributed by atoms with van der Waals surface area (Å²) in [6.45, 7) is 4.16. The van der Waals surface area contributed by atoms with Crippen LogP contribution in [0, 0.1) is 26.2 Å². The van der Waals surface area contributed by atoms with Crippen molar-refractivity contribution in [3.05, 3.63) is 123 Å². The van der Waals surface area contributed by atoms with E-state index in [2.05, 4.69) is 47.5 Å². The Morgan fingerprint density at radius 3 is 2.39 bits per heavy atom. The molecule has 0 bridgehead atoms. The molecule has 0 aliphatic rings. The lowest BCUT2D eigenvalue weighted by molar-refractivity contribution is -0.129. The van der Waals surface area contributed by atoms with Crippen molar-refractivity contribution in [2.45, 2.75) is 45.6 Å². The van der Waals surface area contributed by atoms with E-state index in [0.717, 1.165) is 22.5 Å². The lowest BCUT2D eigenvalue weighted by atomic mass is 9.99. The van der Waals surface area contributed by atoms with Crippen LogP contribution in [-0.4, -0.2) is 57.6 Å². The highest BCUT2D eigenvalue weighted by atomic mass is 35.5. The van der Waals surface area contributed by atoms with Crippen LogP contribution in [0.5, 0.6) is 0 Å². The SMILES string of the molecule is C#CCCCC(=O)N[C@@H](Cc1ccc(C(=O)c2ccccc2)cc1)C(=O)NCCNc1cc(Nc2ncc(C(=O)Nc3c(C)cccc3Cl)s2)nc(C)n1. The maximum absolute atomic E-state index is 13.4. The van der Waals surface area contributed by atoms with Crippen LogP contribution in [-0.2, 0) is 16.0 Å². The van der Waals surface area contributed by atoms with Crippen molar-refractivity contribution in [1.82, 2.24) is 25.6 Å². The summed E-state index contributed by atoms with van der Waals surface area (Å²) in [4.78, 5) is 65.3. The van der Waals surface area contributed by atoms with Crippen LogP contribution in [0.15, 0.2) is 85.1 Å². The maximum Gasteiger partial charge on any atom is 0.267 e. The topological polar surface area (TPSA) is 167 Å². The third-order valence-corrected chi connectivity index (χ3v) is 9.29. The molecule has 1 atom stereocenters. The number of aryl methyl sites for hydroxylation is 2. The van der Waals surface area contributed by atoms with Gasteiger partial charge in [-0.1, -0.05) is 89.7 Å². The largest absolute Gasteiger partial charge is 0.368 e. The fourth-order valence-corrected chi connectivity index (χ4v) is 6.33. The molecule has 12 nitrogen and oxygen atoms in total. The van der Waals surface area contributed by atoms with Gasteiger partial charge >= 0.3 is 0 Å². The van der Waals surface area contributed by atoms with Gasteiger partial charge in [0.25, 0.3) is 5.91 Å². The lowest BCUT2D eigenvalue weighted by Crippen LogP contribution is -2.48. The van der Waals surface area contributed by atoms with Gasteiger partial charge in [0, 0.05) is 49.5 Å². The van der Waals surface area contributed by atoms with E-state index < -0.39 is 6.04 Å². The van der Waals surface area contributed by atoms with E-state index in [1.54, 1.807) is 55.5 Å². The number of nitrogens with one attached hydrogen (secondary N) is 5. The molecule has 0 aliphatic carbocycles. The fraction of sp³-hybridized carbons (Fsp3) is 0.225. The third-order valence-electron chi connectivity index (χ3n) is 8.06. The first-order chi connectivity index (χ1) is 26.1. The summed E-state index contributed by atoms with van der Waals surface area (Å²) in [7, 11) is 0. The second-order valence-corrected chi connectivity index (χ2v) is 13.7. The number of para-hydroxylation sites is 1. The number of benzene rings is 3. The Bertz CT molecular complexity index is 2130. The Labute approximate surface area is 322 Å². The van der Waals surface area contributed by atoms with Crippen LogP contribution < -0.4 is 26.6 Å². The highest BCUT2D eigenvalue weighted by Crippen LogP contribution is 2.28. The van der Waals surface area contributed by atoms with Crippen LogP contribution in [0.2, 0.25) is 5.02 Å². The Hall–Kier alpha value is -6.10. The van der Waals surface area contributed by atoms with Gasteiger partial charge in [-0.2, -0.15) is 0 Å².